The van der Waals surface area contributed by atoms with Gasteiger partial charge in [0.2, 0.25) is 0 Å². The van der Waals surface area contributed by atoms with Gasteiger partial charge in [-0.2, -0.15) is 5.26 Å². The lowest BCUT2D eigenvalue weighted by molar-refractivity contribution is 0.590. The van der Waals surface area contributed by atoms with Gasteiger partial charge in [-0.15, -0.1) is 0 Å². The Hall–Kier alpha value is -2.41. The largest absolute Gasteiger partial charge is 0.366 e. The molecule has 1 N–H and O–H groups in total. The molecule has 0 aliphatic rings. The molecule has 4 heteroatoms. The molecule has 0 saturated carbocycles. The van der Waals surface area contributed by atoms with Gasteiger partial charge in [-0.1, -0.05) is 32.9 Å². The van der Waals surface area contributed by atoms with Crippen molar-refractivity contribution in [2.75, 3.05) is 5.32 Å². The summed E-state index contributed by atoms with van der Waals surface area (Å²) in [5, 5.41) is 12.3. The van der Waals surface area contributed by atoms with Crippen LogP contribution in [0.4, 0.5) is 10.1 Å². The number of anilines is 1. The average molecular weight is 283 g/mol. The molecule has 0 fully saturated rings. The van der Waals surface area contributed by atoms with Gasteiger partial charge in [-0.05, 0) is 29.2 Å². The van der Waals surface area contributed by atoms with Crippen LogP contribution in [0.2, 0.25) is 0 Å². The predicted molar refractivity (Wildman–Crippen MR) is 81.3 cm³/mol. The van der Waals surface area contributed by atoms with Crippen molar-refractivity contribution < 1.29 is 4.39 Å². The zero-order chi connectivity index (χ0) is 15.5. The monoisotopic (exact) mass is 283 g/mol. The highest BCUT2D eigenvalue weighted by molar-refractivity contribution is 5.49. The molecule has 0 spiro atoms. The molecule has 2 rings (SSSR count). The van der Waals surface area contributed by atoms with Crippen molar-refractivity contribution in [2.24, 2.45) is 0 Å². The molecule has 0 amide bonds. The van der Waals surface area contributed by atoms with Crippen molar-refractivity contribution in [3.8, 4) is 6.07 Å². The van der Waals surface area contributed by atoms with Crippen LogP contribution in [0.25, 0.3) is 0 Å². The second-order valence-electron chi connectivity index (χ2n) is 5.97. The van der Waals surface area contributed by atoms with E-state index in [0.29, 0.717) is 5.56 Å². The molecule has 0 radical (unpaired) electrons. The maximum atomic E-state index is 13.2. The lowest BCUT2D eigenvalue weighted by Gasteiger charge is -2.20. The van der Waals surface area contributed by atoms with E-state index in [1.165, 1.54) is 17.8 Å². The number of halogens is 1. The van der Waals surface area contributed by atoms with E-state index in [9.17, 15) is 9.65 Å². The third kappa shape index (κ3) is 3.79. The standard InChI is InChI=1S/C17H18FN3/c1-17(2,3)13-4-6-15(7-5-13)21-16(9-19)12-8-14(18)11-20-10-12/h4-8,10-11,16,21H,1-3H3. The van der Waals surface area contributed by atoms with Crippen LogP contribution in [0.1, 0.15) is 37.9 Å². The number of hydrogen-bond donors (Lipinski definition) is 1. The zero-order valence-corrected chi connectivity index (χ0v) is 12.4. The number of rotatable bonds is 3. The molecule has 1 unspecified atom stereocenters. The molecular weight excluding hydrogens is 265 g/mol. The second-order valence-corrected chi connectivity index (χ2v) is 5.97. The fourth-order valence-electron chi connectivity index (χ4n) is 2.01. The van der Waals surface area contributed by atoms with Crippen molar-refractivity contribution in [1.29, 1.82) is 5.26 Å². The lowest BCUT2D eigenvalue weighted by atomic mass is 9.87. The highest BCUT2D eigenvalue weighted by Gasteiger charge is 2.14. The van der Waals surface area contributed by atoms with Crippen molar-refractivity contribution >= 4 is 5.69 Å². The third-order valence-corrected chi connectivity index (χ3v) is 3.25. The van der Waals surface area contributed by atoms with E-state index in [4.69, 9.17) is 0 Å². The lowest BCUT2D eigenvalue weighted by Crippen LogP contribution is -2.12. The van der Waals surface area contributed by atoms with E-state index >= 15 is 0 Å². The van der Waals surface area contributed by atoms with Crippen molar-refractivity contribution in [3.05, 3.63) is 59.7 Å². The Morgan fingerprint density at radius 1 is 1.19 bits per heavy atom. The molecular formula is C17H18FN3. The van der Waals surface area contributed by atoms with E-state index in [2.05, 4.69) is 37.1 Å². The van der Waals surface area contributed by atoms with Crippen molar-refractivity contribution in [3.63, 3.8) is 0 Å². The molecule has 108 valence electrons. The summed E-state index contributed by atoms with van der Waals surface area (Å²) in [7, 11) is 0. The van der Waals surface area contributed by atoms with E-state index < -0.39 is 11.9 Å². The molecule has 0 aliphatic heterocycles. The fourth-order valence-corrected chi connectivity index (χ4v) is 2.01. The van der Waals surface area contributed by atoms with E-state index in [1.807, 2.05) is 24.3 Å². The van der Waals surface area contributed by atoms with Crippen LogP contribution in [0, 0.1) is 17.1 Å². The van der Waals surface area contributed by atoms with Crippen LogP contribution in [-0.2, 0) is 5.41 Å². The Kier molecular flexibility index (Phi) is 4.23. The van der Waals surface area contributed by atoms with Crippen LogP contribution in [0.3, 0.4) is 0 Å². The summed E-state index contributed by atoms with van der Waals surface area (Å²) in [5.74, 6) is -0.447. The minimum atomic E-state index is -0.631. The summed E-state index contributed by atoms with van der Waals surface area (Å²) in [6.45, 7) is 6.43. The summed E-state index contributed by atoms with van der Waals surface area (Å²) in [6.07, 6.45) is 2.61. The van der Waals surface area contributed by atoms with Gasteiger partial charge < -0.3 is 5.32 Å². The predicted octanol–water partition coefficient (Wildman–Crippen LogP) is 4.19. The fraction of sp³-hybridized carbons (Fsp3) is 0.294. The zero-order valence-electron chi connectivity index (χ0n) is 12.4. The minimum absolute atomic E-state index is 0.0830. The summed E-state index contributed by atoms with van der Waals surface area (Å²) < 4.78 is 13.2. The number of nitrogens with zero attached hydrogens (tertiary/aromatic N) is 2. The maximum absolute atomic E-state index is 13.2. The highest BCUT2D eigenvalue weighted by Crippen LogP contribution is 2.25. The van der Waals surface area contributed by atoms with Gasteiger partial charge in [-0.3, -0.25) is 4.98 Å². The van der Waals surface area contributed by atoms with Gasteiger partial charge in [0.15, 0.2) is 0 Å². The minimum Gasteiger partial charge on any atom is -0.366 e. The van der Waals surface area contributed by atoms with Crippen molar-refractivity contribution in [2.45, 2.75) is 32.2 Å². The van der Waals surface area contributed by atoms with Crippen LogP contribution in [-0.4, -0.2) is 4.98 Å². The number of benzene rings is 1. The van der Waals surface area contributed by atoms with Gasteiger partial charge in [-0.25, -0.2) is 4.39 Å². The van der Waals surface area contributed by atoms with E-state index in [1.54, 1.807) is 0 Å². The highest BCUT2D eigenvalue weighted by atomic mass is 19.1. The molecule has 0 bridgehead atoms. The number of nitriles is 1. The van der Waals surface area contributed by atoms with Gasteiger partial charge in [0.05, 0.1) is 12.3 Å². The van der Waals surface area contributed by atoms with Gasteiger partial charge >= 0.3 is 0 Å². The van der Waals surface area contributed by atoms with Gasteiger partial charge in [0.1, 0.15) is 11.9 Å². The Labute approximate surface area is 124 Å². The topological polar surface area (TPSA) is 48.7 Å². The van der Waals surface area contributed by atoms with E-state index in [0.717, 1.165) is 11.9 Å². The van der Waals surface area contributed by atoms with Crippen LogP contribution < -0.4 is 5.32 Å². The number of pyridine rings is 1. The maximum Gasteiger partial charge on any atom is 0.141 e. The van der Waals surface area contributed by atoms with Crippen molar-refractivity contribution in [1.82, 2.24) is 4.98 Å². The molecule has 0 saturated heterocycles. The van der Waals surface area contributed by atoms with Crippen LogP contribution in [0.15, 0.2) is 42.7 Å². The third-order valence-electron chi connectivity index (χ3n) is 3.25. The Bertz CT molecular complexity index is 651. The summed E-state index contributed by atoms with van der Waals surface area (Å²) in [5.41, 5.74) is 2.63. The summed E-state index contributed by atoms with van der Waals surface area (Å²) >= 11 is 0. The van der Waals surface area contributed by atoms with Gasteiger partial charge in [0.25, 0.3) is 0 Å². The Morgan fingerprint density at radius 3 is 2.38 bits per heavy atom. The Balaban J connectivity index is 2.18. The quantitative estimate of drug-likeness (QED) is 0.918. The van der Waals surface area contributed by atoms with Crippen LogP contribution >= 0.6 is 0 Å². The Morgan fingerprint density at radius 2 is 1.86 bits per heavy atom. The SMILES string of the molecule is CC(C)(C)c1ccc(NC(C#N)c2cncc(F)c2)cc1. The molecule has 1 aromatic heterocycles. The first-order valence-electron chi connectivity index (χ1n) is 6.77. The van der Waals surface area contributed by atoms with Crippen LogP contribution in [0.5, 0.6) is 0 Å². The second kappa shape index (κ2) is 5.92. The van der Waals surface area contributed by atoms with E-state index in [-0.39, 0.29) is 5.41 Å². The molecule has 1 atom stereocenters. The molecule has 1 heterocycles. The molecule has 0 aliphatic carbocycles. The molecule has 2 aromatic rings. The summed E-state index contributed by atoms with van der Waals surface area (Å²) in [4.78, 5) is 3.77. The van der Waals surface area contributed by atoms with Gasteiger partial charge in [0, 0.05) is 17.4 Å². The molecule has 3 nitrogen and oxygen atoms in total. The first-order chi connectivity index (χ1) is 9.90. The first-order valence-corrected chi connectivity index (χ1v) is 6.77. The number of hydrogen-bond acceptors (Lipinski definition) is 3. The number of aromatic nitrogens is 1. The molecule has 1 aromatic carbocycles. The first kappa shape index (κ1) is 15.0. The smallest absolute Gasteiger partial charge is 0.141 e. The summed E-state index contributed by atoms with van der Waals surface area (Å²) in [6, 6.07) is 10.7. The molecule has 21 heavy (non-hydrogen) atoms. The normalized spacial score (nSPS) is 12.5. The average Bonchev–Trinajstić information content (AvgIpc) is 2.44. The number of nitrogens with one attached hydrogen (secondary N) is 1.